The van der Waals surface area contributed by atoms with Crippen molar-refractivity contribution in [2.45, 2.75) is 12.8 Å². The zero-order valence-corrected chi connectivity index (χ0v) is 26.5. The minimum atomic E-state index is 0.962. The molecule has 6 aromatic carbocycles. The van der Waals surface area contributed by atoms with Crippen molar-refractivity contribution >= 4 is 43.5 Å². The summed E-state index contributed by atoms with van der Waals surface area (Å²) in [6.45, 7) is 0. The fourth-order valence-electron chi connectivity index (χ4n) is 7.43. The number of allylic oxidation sites excluding steroid dienone is 4. The summed E-state index contributed by atoms with van der Waals surface area (Å²) in [5.41, 5.74) is 12.1. The Morgan fingerprint density at radius 1 is 0.375 bits per heavy atom. The van der Waals surface area contributed by atoms with Crippen LogP contribution in [0, 0.1) is 0 Å². The second kappa shape index (κ2) is 11.9. The van der Waals surface area contributed by atoms with Gasteiger partial charge in [-0.2, -0.15) is 0 Å². The molecule has 0 fully saturated rings. The van der Waals surface area contributed by atoms with E-state index in [4.69, 9.17) is 0 Å². The zero-order valence-electron chi connectivity index (χ0n) is 26.5. The number of hydrogen-bond acceptors (Lipinski definition) is 2. The van der Waals surface area contributed by atoms with E-state index in [1.807, 2.05) is 30.6 Å². The first-order valence-corrected chi connectivity index (χ1v) is 16.6. The Hall–Kier alpha value is -6.12. The minimum absolute atomic E-state index is 0.962. The van der Waals surface area contributed by atoms with Gasteiger partial charge in [-0.05, 0) is 114 Å². The molecule has 0 radical (unpaired) electrons. The molecule has 1 aliphatic rings. The minimum Gasteiger partial charge on any atom is -0.257 e. The van der Waals surface area contributed by atoms with Gasteiger partial charge in [0.2, 0.25) is 0 Å². The molecule has 0 unspecified atom stereocenters. The van der Waals surface area contributed by atoms with Gasteiger partial charge in [0.15, 0.2) is 0 Å². The lowest BCUT2D eigenvalue weighted by molar-refractivity contribution is 1.06. The standard InChI is InChI=1S/C46H32N2/c1-2-12-37-31(10-1)11-9-15-38(37)36-26-27-41-42(30-36)46(35-24-20-33(21-25-35)44-17-6-8-29-48-44)40-14-4-3-13-39(40)45(41)34-22-18-32(19-23-34)43-16-5-7-28-47-43/h1-18,20-22,24-30H,19,23H2. The molecule has 9 rings (SSSR count). The Balaban J connectivity index is 1.30. The van der Waals surface area contributed by atoms with Crippen molar-refractivity contribution < 1.29 is 0 Å². The average molecular weight is 613 g/mol. The van der Waals surface area contributed by atoms with E-state index in [0.29, 0.717) is 0 Å². The molecule has 1 aliphatic carbocycles. The normalized spacial score (nSPS) is 13.1. The van der Waals surface area contributed by atoms with Crippen LogP contribution < -0.4 is 0 Å². The molecule has 2 aromatic heterocycles. The summed E-state index contributed by atoms with van der Waals surface area (Å²) < 4.78 is 0. The molecule has 0 saturated heterocycles. The van der Waals surface area contributed by atoms with Crippen molar-refractivity contribution in [3.63, 3.8) is 0 Å². The number of nitrogens with zero attached hydrogens (tertiary/aromatic N) is 2. The third kappa shape index (κ3) is 4.90. The van der Waals surface area contributed by atoms with E-state index < -0.39 is 0 Å². The Labute approximate surface area is 280 Å². The molecule has 0 N–H and O–H groups in total. The largest absolute Gasteiger partial charge is 0.257 e. The average Bonchev–Trinajstić information content (AvgIpc) is 3.17. The van der Waals surface area contributed by atoms with Crippen LogP contribution in [0.15, 0.2) is 170 Å². The first-order chi connectivity index (χ1) is 23.8. The summed E-state index contributed by atoms with van der Waals surface area (Å²) in [6, 6.07) is 52.5. The SMILES string of the molecule is C1=C(c2ccccn2)CCC(c2c3ccccc3c(-c3ccc(-c4ccccn4)cc3)c3cc(-c4cccc5ccccc45)ccc23)=C1. The smallest absolute Gasteiger partial charge is 0.0701 e. The van der Waals surface area contributed by atoms with E-state index in [2.05, 4.69) is 150 Å². The second-order valence-electron chi connectivity index (χ2n) is 12.5. The highest BCUT2D eigenvalue weighted by atomic mass is 14.7. The Morgan fingerprint density at radius 3 is 1.69 bits per heavy atom. The van der Waals surface area contributed by atoms with Crippen molar-refractivity contribution in [3.05, 3.63) is 181 Å². The van der Waals surface area contributed by atoms with Gasteiger partial charge in [-0.3, -0.25) is 9.97 Å². The number of aromatic nitrogens is 2. The summed E-state index contributed by atoms with van der Waals surface area (Å²) in [7, 11) is 0. The van der Waals surface area contributed by atoms with Crippen molar-refractivity contribution in [1.82, 2.24) is 9.97 Å². The van der Waals surface area contributed by atoms with Gasteiger partial charge in [-0.15, -0.1) is 0 Å². The van der Waals surface area contributed by atoms with Crippen molar-refractivity contribution in [2.24, 2.45) is 0 Å². The summed E-state index contributed by atoms with van der Waals surface area (Å²) in [6.07, 6.45) is 10.3. The van der Waals surface area contributed by atoms with Gasteiger partial charge in [-0.1, -0.05) is 127 Å². The Kier molecular flexibility index (Phi) is 6.98. The first-order valence-electron chi connectivity index (χ1n) is 16.6. The fourth-order valence-corrected chi connectivity index (χ4v) is 7.43. The molecule has 0 bridgehead atoms. The Bertz CT molecular complexity index is 2520. The molecular formula is C46H32N2. The lowest BCUT2D eigenvalue weighted by atomic mass is 9.82. The Morgan fingerprint density at radius 2 is 0.958 bits per heavy atom. The van der Waals surface area contributed by atoms with Crippen molar-refractivity contribution in [1.29, 1.82) is 0 Å². The van der Waals surface area contributed by atoms with Crippen LogP contribution in [0.5, 0.6) is 0 Å². The van der Waals surface area contributed by atoms with E-state index in [9.17, 15) is 0 Å². The maximum absolute atomic E-state index is 4.63. The van der Waals surface area contributed by atoms with Crippen LogP contribution in [0.4, 0.5) is 0 Å². The van der Waals surface area contributed by atoms with E-state index >= 15 is 0 Å². The van der Waals surface area contributed by atoms with E-state index in [-0.39, 0.29) is 0 Å². The fraction of sp³-hybridized carbons (Fsp3) is 0.0435. The van der Waals surface area contributed by atoms with Crippen LogP contribution in [0.2, 0.25) is 0 Å². The molecule has 0 aliphatic heterocycles. The van der Waals surface area contributed by atoms with E-state index in [1.54, 1.807) is 0 Å². The van der Waals surface area contributed by atoms with Gasteiger partial charge >= 0.3 is 0 Å². The highest BCUT2D eigenvalue weighted by Crippen LogP contribution is 2.46. The van der Waals surface area contributed by atoms with Gasteiger partial charge in [0, 0.05) is 18.0 Å². The van der Waals surface area contributed by atoms with Crippen LogP contribution in [-0.2, 0) is 0 Å². The predicted octanol–water partition coefficient (Wildman–Crippen LogP) is 12.2. The molecule has 2 nitrogen and oxygen atoms in total. The van der Waals surface area contributed by atoms with Gasteiger partial charge in [0.1, 0.15) is 0 Å². The molecule has 0 saturated carbocycles. The van der Waals surface area contributed by atoms with Crippen LogP contribution in [0.1, 0.15) is 24.1 Å². The topological polar surface area (TPSA) is 25.8 Å². The molecule has 0 amide bonds. The molecular weight excluding hydrogens is 581 g/mol. The monoisotopic (exact) mass is 612 g/mol. The highest BCUT2D eigenvalue weighted by Gasteiger charge is 2.20. The van der Waals surface area contributed by atoms with Gasteiger partial charge in [0.25, 0.3) is 0 Å². The molecule has 2 heteroatoms. The number of rotatable bonds is 5. The molecule has 2 heterocycles. The highest BCUT2D eigenvalue weighted by molar-refractivity contribution is 6.20. The van der Waals surface area contributed by atoms with Crippen LogP contribution in [0.3, 0.4) is 0 Å². The van der Waals surface area contributed by atoms with Gasteiger partial charge < -0.3 is 0 Å². The maximum Gasteiger partial charge on any atom is 0.0701 e. The molecule has 226 valence electrons. The van der Waals surface area contributed by atoms with Gasteiger partial charge in [0.05, 0.1) is 11.4 Å². The van der Waals surface area contributed by atoms with E-state index in [0.717, 1.165) is 29.8 Å². The third-order valence-corrected chi connectivity index (χ3v) is 9.72. The van der Waals surface area contributed by atoms with Crippen molar-refractivity contribution in [2.75, 3.05) is 0 Å². The van der Waals surface area contributed by atoms with Crippen LogP contribution in [0.25, 0.3) is 77.0 Å². The number of benzene rings is 6. The molecule has 0 atom stereocenters. The molecule has 0 spiro atoms. The molecule has 48 heavy (non-hydrogen) atoms. The zero-order chi connectivity index (χ0) is 31.9. The van der Waals surface area contributed by atoms with Crippen LogP contribution >= 0.6 is 0 Å². The lowest BCUT2D eigenvalue weighted by Gasteiger charge is -2.22. The summed E-state index contributed by atoms with van der Waals surface area (Å²) in [5.74, 6) is 0. The summed E-state index contributed by atoms with van der Waals surface area (Å²) in [4.78, 5) is 9.22. The summed E-state index contributed by atoms with van der Waals surface area (Å²) in [5, 5.41) is 7.61. The van der Waals surface area contributed by atoms with Crippen LogP contribution in [-0.4, -0.2) is 9.97 Å². The summed E-state index contributed by atoms with van der Waals surface area (Å²) >= 11 is 0. The second-order valence-corrected chi connectivity index (χ2v) is 12.5. The third-order valence-electron chi connectivity index (χ3n) is 9.72. The number of fused-ring (bicyclic) bond motifs is 3. The number of pyridine rings is 2. The molecule has 8 aromatic rings. The maximum atomic E-state index is 4.63. The van der Waals surface area contributed by atoms with E-state index in [1.165, 1.54) is 71.3 Å². The predicted molar refractivity (Wildman–Crippen MR) is 202 cm³/mol. The quantitative estimate of drug-likeness (QED) is 0.181. The lowest BCUT2D eigenvalue weighted by Crippen LogP contribution is -1.99. The first kappa shape index (κ1) is 28.1. The number of hydrogen-bond donors (Lipinski definition) is 0. The van der Waals surface area contributed by atoms with Crippen molar-refractivity contribution in [3.8, 4) is 33.5 Å². The van der Waals surface area contributed by atoms with Gasteiger partial charge in [-0.25, -0.2) is 0 Å².